The molecule has 0 spiro atoms. The van der Waals surface area contributed by atoms with Crippen LogP contribution < -0.4 is 10.9 Å². The van der Waals surface area contributed by atoms with Crippen LogP contribution in [0.25, 0.3) is 15.9 Å². The maximum atomic E-state index is 13.8. The van der Waals surface area contributed by atoms with E-state index in [1.54, 1.807) is 15.9 Å². The highest BCUT2D eigenvalue weighted by molar-refractivity contribution is 7.99. The second-order valence-electron chi connectivity index (χ2n) is 8.71. The third kappa shape index (κ3) is 4.89. The van der Waals surface area contributed by atoms with Crippen molar-refractivity contribution in [2.24, 2.45) is 0 Å². The maximum Gasteiger partial charge on any atom is 0.267 e. The van der Waals surface area contributed by atoms with Crippen LogP contribution in [0.3, 0.4) is 0 Å². The van der Waals surface area contributed by atoms with Crippen molar-refractivity contribution in [2.45, 2.75) is 38.0 Å². The van der Waals surface area contributed by atoms with Crippen molar-refractivity contribution in [2.75, 3.05) is 17.6 Å². The van der Waals surface area contributed by atoms with E-state index in [2.05, 4.69) is 24.1 Å². The van der Waals surface area contributed by atoms with Crippen molar-refractivity contribution in [3.05, 3.63) is 81.2 Å². The fraction of sp³-hybridized carbons (Fsp3) is 0.269. The number of rotatable bonds is 6. The second-order valence-corrected chi connectivity index (χ2v) is 10.7. The Morgan fingerprint density at radius 2 is 1.91 bits per heavy atom. The quantitative estimate of drug-likeness (QED) is 0.291. The fourth-order valence-electron chi connectivity index (χ4n) is 4.25. The third-order valence-electron chi connectivity index (χ3n) is 6.08. The molecule has 9 heteroatoms. The van der Waals surface area contributed by atoms with Crippen LogP contribution in [-0.4, -0.2) is 38.7 Å². The lowest BCUT2D eigenvalue weighted by atomic mass is 10.0. The molecule has 0 bridgehead atoms. The van der Waals surface area contributed by atoms with E-state index in [4.69, 9.17) is 4.98 Å². The Balaban J connectivity index is 1.50. The molecule has 0 atom stereocenters. The highest BCUT2D eigenvalue weighted by Crippen LogP contribution is 2.34. The summed E-state index contributed by atoms with van der Waals surface area (Å²) in [5, 5.41) is 3.93. The summed E-state index contributed by atoms with van der Waals surface area (Å²) in [6, 6.07) is 15.5. The number of hydrogen-bond acceptors (Lipinski definition) is 6. The van der Waals surface area contributed by atoms with Crippen molar-refractivity contribution in [1.82, 2.24) is 14.5 Å². The van der Waals surface area contributed by atoms with E-state index in [1.807, 2.05) is 30.3 Å². The zero-order chi connectivity index (χ0) is 24.5. The molecule has 0 saturated heterocycles. The fourth-order valence-corrected chi connectivity index (χ4v) is 6.35. The summed E-state index contributed by atoms with van der Waals surface area (Å²) in [4.78, 5) is 35.6. The molecule has 0 aliphatic carbocycles. The first-order chi connectivity index (χ1) is 16.9. The van der Waals surface area contributed by atoms with E-state index in [-0.39, 0.29) is 23.0 Å². The lowest BCUT2D eigenvalue weighted by Gasteiger charge is -2.30. The smallest absolute Gasteiger partial charge is 0.267 e. The molecule has 6 nitrogen and oxygen atoms in total. The number of halogens is 1. The van der Waals surface area contributed by atoms with Gasteiger partial charge < -0.3 is 5.32 Å². The van der Waals surface area contributed by atoms with Gasteiger partial charge in [-0.25, -0.2) is 9.37 Å². The van der Waals surface area contributed by atoms with Crippen LogP contribution in [0.5, 0.6) is 0 Å². The molecule has 0 unspecified atom stereocenters. The Hall–Kier alpha value is -3.01. The molecule has 1 N–H and O–H groups in total. The second kappa shape index (κ2) is 9.93. The highest BCUT2D eigenvalue weighted by Gasteiger charge is 2.26. The van der Waals surface area contributed by atoms with Crippen LogP contribution >= 0.6 is 23.1 Å². The molecule has 4 aromatic rings. The summed E-state index contributed by atoms with van der Waals surface area (Å²) < 4.78 is 14.8. The van der Waals surface area contributed by atoms with Crippen LogP contribution in [0, 0.1) is 5.82 Å². The Kier molecular flexibility index (Phi) is 6.73. The van der Waals surface area contributed by atoms with E-state index >= 15 is 0 Å². The lowest BCUT2D eigenvalue weighted by Crippen LogP contribution is -2.35. The summed E-state index contributed by atoms with van der Waals surface area (Å²) in [5.74, 6) is -0.556. The Morgan fingerprint density at radius 1 is 1.17 bits per heavy atom. The first kappa shape index (κ1) is 23.7. The molecule has 3 heterocycles. The minimum Gasteiger partial charge on any atom is -0.325 e. The van der Waals surface area contributed by atoms with Gasteiger partial charge in [0, 0.05) is 29.7 Å². The first-order valence-corrected chi connectivity index (χ1v) is 13.3. The van der Waals surface area contributed by atoms with Gasteiger partial charge in [-0.1, -0.05) is 30.0 Å². The molecule has 35 heavy (non-hydrogen) atoms. The number of carbonyl (C=O) groups is 1. The minimum atomic E-state index is -0.364. The summed E-state index contributed by atoms with van der Waals surface area (Å²) in [7, 11) is 0. The van der Waals surface area contributed by atoms with Crippen LogP contribution in [0.15, 0.2) is 64.5 Å². The van der Waals surface area contributed by atoms with Gasteiger partial charge in [-0.05, 0) is 62.2 Å². The number of para-hydroxylation sites is 1. The van der Waals surface area contributed by atoms with Crippen LogP contribution in [0.1, 0.15) is 24.3 Å². The highest BCUT2D eigenvalue weighted by atomic mass is 32.2. The van der Waals surface area contributed by atoms with Crippen molar-refractivity contribution in [3.63, 3.8) is 0 Å². The van der Waals surface area contributed by atoms with E-state index in [1.165, 1.54) is 40.9 Å². The number of thioether (sulfide) groups is 1. The molecule has 1 aliphatic rings. The molecular weight excluding hydrogens is 483 g/mol. The van der Waals surface area contributed by atoms with Crippen LogP contribution in [-0.2, 0) is 17.8 Å². The van der Waals surface area contributed by atoms with Gasteiger partial charge in [0.2, 0.25) is 5.91 Å². The van der Waals surface area contributed by atoms with Crippen molar-refractivity contribution >= 4 is 44.9 Å². The number of amides is 1. The van der Waals surface area contributed by atoms with E-state index in [0.29, 0.717) is 28.0 Å². The monoisotopic (exact) mass is 508 g/mol. The molecule has 2 aromatic carbocycles. The Labute approximate surface area is 210 Å². The number of carbonyl (C=O) groups excluding carboxylic acids is 1. The minimum absolute atomic E-state index is 0.0639. The zero-order valence-electron chi connectivity index (χ0n) is 19.5. The van der Waals surface area contributed by atoms with Gasteiger partial charge >= 0.3 is 0 Å². The number of nitrogens with zero attached hydrogens (tertiary/aromatic N) is 3. The number of anilines is 1. The van der Waals surface area contributed by atoms with Gasteiger partial charge in [0.05, 0.1) is 16.8 Å². The molecule has 2 aromatic heterocycles. The van der Waals surface area contributed by atoms with Crippen LogP contribution in [0.4, 0.5) is 10.1 Å². The summed E-state index contributed by atoms with van der Waals surface area (Å²) in [6.07, 6.45) is 0.825. The molecule has 1 aliphatic heterocycles. The van der Waals surface area contributed by atoms with Crippen LogP contribution in [0.2, 0.25) is 0 Å². The standard InChI is InChI=1S/C26H25FN4O2S2/c1-16(2)30-13-12-20-21(14-30)35-24-23(20)25(33)31(19-6-4-3-5-7-19)26(29-24)34-15-22(32)28-18-10-8-17(27)9-11-18/h3-11,16H,12-15H2,1-2H3,(H,28,32). The van der Waals surface area contributed by atoms with Gasteiger partial charge in [0.25, 0.3) is 5.56 Å². The normalized spacial score (nSPS) is 13.8. The van der Waals surface area contributed by atoms with E-state index < -0.39 is 0 Å². The van der Waals surface area contributed by atoms with E-state index in [9.17, 15) is 14.0 Å². The predicted octanol–water partition coefficient (Wildman–Crippen LogP) is 5.08. The largest absolute Gasteiger partial charge is 0.325 e. The van der Waals surface area contributed by atoms with E-state index in [0.717, 1.165) is 29.9 Å². The SMILES string of the molecule is CC(C)N1CCc2c(sc3nc(SCC(=O)Nc4ccc(F)cc4)n(-c4ccccc4)c(=O)c23)C1. The average molecular weight is 509 g/mol. The molecule has 180 valence electrons. The number of thiophene rings is 1. The number of hydrogen-bond donors (Lipinski definition) is 1. The molecular formula is C26H25FN4O2S2. The lowest BCUT2D eigenvalue weighted by molar-refractivity contribution is -0.113. The predicted molar refractivity (Wildman–Crippen MR) is 140 cm³/mol. The molecule has 5 rings (SSSR count). The molecule has 0 radical (unpaired) electrons. The van der Waals surface area contributed by atoms with Gasteiger partial charge in [-0.2, -0.15) is 0 Å². The zero-order valence-corrected chi connectivity index (χ0v) is 21.1. The molecule has 1 amide bonds. The maximum absolute atomic E-state index is 13.8. The van der Waals surface area contributed by atoms with Crippen molar-refractivity contribution in [3.8, 4) is 5.69 Å². The summed E-state index contributed by atoms with van der Waals surface area (Å²) in [5.41, 5.74) is 2.24. The third-order valence-corrected chi connectivity index (χ3v) is 8.13. The van der Waals surface area contributed by atoms with Gasteiger partial charge in [0.15, 0.2) is 5.16 Å². The first-order valence-electron chi connectivity index (χ1n) is 11.5. The number of fused-ring (bicyclic) bond motifs is 3. The van der Waals surface area contributed by atoms with Gasteiger partial charge in [-0.15, -0.1) is 11.3 Å². The average Bonchev–Trinajstić information content (AvgIpc) is 3.22. The van der Waals surface area contributed by atoms with Gasteiger partial charge in [0.1, 0.15) is 10.6 Å². The number of aromatic nitrogens is 2. The summed E-state index contributed by atoms with van der Waals surface area (Å²) in [6.45, 7) is 6.11. The Bertz CT molecular complexity index is 1430. The summed E-state index contributed by atoms with van der Waals surface area (Å²) >= 11 is 2.79. The molecule has 0 fully saturated rings. The van der Waals surface area contributed by atoms with Crippen molar-refractivity contribution < 1.29 is 9.18 Å². The molecule has 0 saturated carbocycles. The number of nitrogens with one attached hydrogen (secondary N) is 1. The van der Waals surface area contributed by atoms with Gasteiger partial charge in [-0.3, -0.25) is 19.1 Å². The Morgan fingerprint density at radius 3 is 2.63 bits per heavy atom. The topological polar surface area (TPSA) is 67.2 Å². The van der Waals surface area contributed by atoms with Crippen molar-refractivity contribution in [1.29, 1.82) is 0 Å². The number of benzene rings is 2.